The van der Waals surface area contributed by atoms with E-state index < -0.39 is 5.60 Å². The van der Waals surface area contributed by atoms with Crippen LogP contribution in [0.15, 0.2) is 24.5 Å². The average molecular weight is 453 g/mol. The van der Waals surface area contributed by atoms with Crippen molar-refractivity contribution >= 4 is 23.1 Å². The van der Waals surface area contributed by atoms with Crippen molar-refractivity contribution in [1.29, 1.82) is 0 Å². The summed E-state index contributed by atoms with van der Waals surface area (Å²) < 4.78 is 9.51. The molecule has 3 aromatic rings. The van der Waals surface area contributed by atoms with Crippen molar-refractivity contribution in [2.24, 2.45) is 0 Å². The highest BCUT2D eigenvalue weighted by Gasteiger charge is 2.52. The van der Waals surface area contributed by atoms with Crippen LogP contribution in [0.3, 0.4) is 0 Å². The Morgan fingerprint density at radius 3 is 2.58 bits per heavy atom. The van der Waals surface area contributed by atoms with Gasteiger partial charge in [-0.15, -0.1) is 0 Å². The van der Waals surface area contributed by atoms with Gasteiger partial charge in [0.2, 0.25) is 0 Å². The lowest BCUT2D eigenvalue weighted by Crippen LogP contribution is -2.62. The first-order chi connectivity index (χ1) is 15.5. The first kappa shape index (κ1) is 22.2. The lowest BCUT2D eigenvalue weighted by Gasteiger charge is -2.56. The molecule has 1 saturated heterocycles. The van der Waals surface area contributed by atoms with Crippen LogP contribution in [0, 0.1) is 0 Å². The van der Waals surface area contributed by atoms with Gasteiger partial charge in [0.1, 0.15) is 12.6 Å². The highest BCUT2D eigenvalue weighted by atomic mass is 16.5. The minimum atomic E-state index is -1.03. The molecule has 9 heteroatoms. The summed E-state index contributed by atoms with van der Waals surface area (Å²) in [4.78, 5) is 7.38. The van der Waals surface area contributed by atoms with Gasteiger partial charge in [0.15, 0.2) is 5.82 Å². The number of rotatable bonds is 3. The molecule has 2 aliphatic rings. The van der Waals surface area contributed by atoms with Gasteiger partial charge < -0.3 is 9.84 Å². The Morgan fingerprint density at radius 2 is 1.94 bits per heavy atom. The van der Waals surface area contributed by atoms with Crippen molar-refractivity contribution in [3.05, 3.63) is 30.1 Å². The summed E-state index contributed by atoms with van der Waals surface area (Å²) in [5, 5.41) is 24.8. The van der Waals surface area contributed by atoms with Gasteiger partial charge in [-0.1, -0.05) is 0 Å². The highest BCUT2D eigenvalue weighted by molar-refractivity contribution is 5.82. The second-order valence-corrected chi connectivity index (χ2v) is 10.8. The number of aromatic amines is 1. The summed E-state index contributed by atoms with van der Waals surface area (Å²) in [5.41, 5.74) is 0.150. The summed E-state index contributed by atoms with van der Waals surface area (Å²) in [6.45, 7) is 12.1. The SMILES string of the molecule is C[C@@H]1COCC=[N+]1c1cc(C2(O)CC(C)(C)N(C)C(C)(C)C2)c2cnn(-c3ccn[nH]3)c2n1. The topological polar surface area (TPSA) is 95.1 Å². The molecule has 3 aromatic heterocycles. The van der Waals surface area contributed by atoms with Crippen LogP contribution in [0.25, 0.3) is 16.9 Å². The van der Waals surface area contributed by atoms with Crippen LogP contribution in [0.1, 0.15) is 53.0 Å². The molecule has 1 atom stereocenters. The summed E-state index contributed by atoms with van der Waals surface area (Å²) in [5.74, 6) is 1.52. The Bertz CT molecular complexity index is 1190. The monoisotopic (exact) mass is 452 g/mol. The van der Waals surface area contributed by atoms with Gasteiger partial charge in [-0.2, -0.15) is 14.9 Å². The van der Waals surface area contributed by atoms with E-state index in [2.05, 4.69) is 72.5 Å². The molecule has 0 aliphatic carbocycles. The smallest absolute Gasteiger partial charge is 0.326 e. The molecule has 0 amide bonds. The fourth-order valence-corrected chi connectivity index (χ4v) is 5.74. The fraction of sp³-hybridized carbons (Fsp3) is 0.583. The molecule has 5 heterocycles. The summed E-state index contributed by atoms with van der Waals surface area (Å²) in [6.07, 6.45) is 6.74. The number of piperidine rings is 1. The van der Waals surface area contributed by atoms with E-state index in [1.807, 2.05) is 18.5 Å². The zero-order chi connectivity index (χ0) is 23.6. The first-order valence-electron chi connectivity index (χ1n) is 11.6. The van der Waals surface area contributed by atoms with E-state index in [9.17, 15) is 5.11 Å². The first-order valence-corrected chi connectivity index (χ1v) is 11.6. The van der Waals surface area contributed by atoms with E-state index in [0.29, 0.717) is 31.7 Å². The maximum atomic E-state index is 12.3. The van der Waals surface area contributed by atoms with Crippen LogP contribution in [0.4, 0.5) is 5.82 Å². The molecule has 2 aliphatic heterocycles. The Morgan fingerprint density at radius 1 is 1.21 bits per heavy atom. The van der Waals surface area contributed by atoms with Crippen molar-refractivity contribution in [1.82, 2.24) is 29.9 Å². The molecular formula is C24H34N7O2+. The second-order valence-electron chi connectivity index (χ2n) is 10.8. The van der Waals surface area contributed by atoms with Gasteiger partial charge in [-0.05, 0) is 59.5 Å². The van der Waals surface area contributed by atoms with E-state index in [0.717, 1.165) is 22.6 Å². The summed E-state index contributed by atoms with van der Waals surface area (Å²) >= 11 is 0. The molecule has 33 heavy (non-hydrogen) atoms. The summed E-state index contributed by atoms with van der Waals surface area (Å²) in [7, 11) is 2.15. The number of hydrogen-bond acceptors (Lipinski definition) is 6. The largest absolute Gasteiger partial charge is 0.385 e. The standard InChI is InChI=1S/C24H34N7O2/c1-16-13-33-10-9-30(16)20-11-18(24(32)14-22(2,3)29(6)23(4,5)15-24)17-12-26-31(21(17)27-20)19-7-8-25-28-19/h7-9,11-12,16,32H,10,13-15H2,1-6H3,(H,25,28)/q+1/t16-/m1/s1. The third-order valence-electron chi connectivity index (χ3n) is 7.50. The predicted octanol–water partition coefficient (Wildman–Crippen LogP) is 2.75. The fourth-order valence-electron chi connectivity index (χ4n) is 5.74. The Hall–Kier alpha value is -2.62. The summed E-state index contributed by atoms with van der Waals surface area (Å²) in [6, 6.07) is 4.05. The van der Waals surface area contributed by atoms with Crippen molar-refractivity contribution in [3.63, 3.8) is 0 Å². The molecule has 9 nitrogen and oxygen atoms in total. The number of nitrogens with one attached hydrogen (secondary N) is 1. The van der Waals surface area contributed by atoms with E-state index >= 15 is 0 Å². The minimum Gasteiger partial charge on any atom is -0.385 e. The molecule has 0 unspecified atom stereocenters. The van der Waals surface area contributed by atoms with E-state index in [1.165, 1.54) is 0 Å². The predicted molar refractivity (Wildman–Crippen MR) is 126 cm³/mol. The van der Waals surface area contributed by atoms with Gasteiger partial charge in [0.25, 0.3) is 5.65 Å². The van der Waals surface area contributed by atoms with E-state index in [4.69, 9.17) is 9.72 Å². The molecule has 0 saturated carbocycles. The van der Waals surface area contributed by atoms with Gasteiger partial charge >= 0.3 is 5.82 Å². The van der Waals surface area contributed by atoms with Crippen LogP contribution in [-0.4, -0.2) is 83.1 Å². The number of hydrogen-bond donors (Lipinski definition) is 2. The van der Waals surface area contributed by atoms with E-state index in [1.54, 1.807) is 10.9 Å². The normalized spacial score (nSPS) is 24.7. The molecule has 0 bridgehead atoms. The Labute approximate surface area is 194 Å². The highest BCUT2D eigenvalue weighted by Crippen LogP contribution is 2.49. The zero-order valence-electron chi connectivity index (χ0n) is 20.3. The number of ether oxygens (including phenoxy) is 1. The third-order valence-corrected chi connectivity index (χ3v) is 7.50. The van der Waals surface area contributed by atoms with Crippen LogP contribution >= 0.6 is 0 Å². The number of aromatic nitrogens is 5. The zero-order valence-corrected chi connectivity index (χ0v) is 20.3. The minimum absolute atomic E-state index is 0.139. The molecule has 0 radical (unpaired) electrons. The van der Waals surface area contributed by atoms with Crippen LogP contribution in [0.5, 0.6) is 0 Å². The second kappa shape index (κ2) is 7.44. The Kier molecular flexibility index (Phi) is 5.00. The molecule has 2 N–H and O–H groups in total. The van der Waals surface area contributed by atoms with Gasteiger partial charge in [0, 0.05) is 28.8 Å². The van der Waals surface area contributed by atoms with Gasteiger partial charge in [0.05, 0.1) is 36.2 Å². The van der Waals surface area contributed by atoms with Crippen LogP contribution in [-0.2, 0) is 10.3 Å². The number of pyridine rings is 1. The van der Waals surface area contributed by atoms with Crippen LogP contribution in [0.2, 0.25) is 0 Å². The van der Waals surface area contributed by atoms with Crippen molar-refractivity contribution in [3.8, 4) is 5.82 Å². The van der Waals surface area contributed by atoms with Gasteiger partial charge in [-0.25, -0.2) is 4.58 Å². The molecule has 0 spiro atoms. The number of nitrogens with zero attached hydrogens (tertiary/aromatic N) is 6. The average Bonchev–Trinajstić information content (AvgIpc) is 3.40. The number of fused-ring (bicyclic) bond motifs is 1. The maximum Gasteiger partial charge on any atom is 0.326 e. The van der Waals surface area contributed by atoms with E-state index in [-0.39, 0.29) is 17.1 Å². The number of H-pyrrole nitrogens is 1. The quantitative estimate of drug-likeness (QED) is 0.594. The van der Waals surface area contributed by atoms with Crippen LogP contribution < -0.4 is 0 Å². The molecule has 5 rings (SSSR count). The lowest BCUT2D eigenvalue weighted by atomic mass is 9.68. The van der Waals surface area contributed by atoms with Crippen molar-refractivity contribution in [2.45, 2.75) is 70.2 Å². The van der Waals surface area contributed by atoms with Crippen molar-refractivity contribution < 1.29 is 14.4 Å². The molecule has 0 aromatic carbocycles. The third kappa shape index (κ3) is 3.59. The maximum absolute atomic E-state index is 12.3. The van der Waals surface area contributed by atoms with Gasteiger partial charge in [-0.3, -0.25) is 10.00 Å². The van der Waals surface area contributed by atoms with Crippen molar-refractivity contribution in [2.75, 3.05) is 20.3 Å². The molecule has 1 fully saturated rings. The lowest BCUT2D eigenvalue weighted by molar-refractivity contribution is -0.494. The number of likely N-dealkylation sites (tertiary alicyclic amines) is 1. The number of aliphatic hydroxyl groups is 1. The molecule has 176 valence electrons. The Balaban J connectivity index is 1.75. The molecular weight excluding hydrogens is 418 g/mol.